The molecule has 1 heterocycles. The zero-order valence-electron chi connectivity index (χ0n) is 10.1. The van der Waals surface area contributed by atoms with Gasteiger partial charge in [0, 0.05) is 11.8 Å². The Hall–Kier alpha value is -1.13. The summed E-state index contributed by atoms with van der Waals surface area (Å²) in [5.41, 5.74) is -0.388. The van der Waals surface area contributed by atoms with Gasteiger partial charge in [0.15, 0.2) is 0 Å². The first-order chi connectivity index (χ1) is 8.15. The Morgan fingerprint density at radius 2 is 2.00 bits per heavy atom. The summed E-state index contributed by atoms with van der Waals surface area (Å²) in [5.74, 6) is 0.598. The molecule has 0 bridgehead atoms. The van der Waals surface area contributed by atoms with Gasteiger partial charge in [-0.1, -0.05) is 19.3 Å². The minimum atomic E-state index is -1.01. The van der Waals surface area contributed by atoms with Crippen LogP contribution in [0.3, 0.4) is 0 Å². The highest BCUT2D eigenvalue weighted by molar-refractivity contribution is 5.26. The Labute approximate surface area is 101 Å². The number of hydrogen-bond acceptors (Lipinski definition) is 4. The average Bonchev–Trinajstić information content (AvgIpc) is 2.39. The van der Waals surface area contributed by atoms with Crippen molar-refractivity contribution in [3.63, 3.8) is 0 Å². The highest BCUT2D eigenvalue weighted by Crippen LogP contribution is 2.38. The number of nitrogens with zero attached hydrogens (tertiary/aromatic N) is 1. The molecule has 1 saturated carbocycles. The Morgan fingerprint density at radius 3 is 2.65 bits per heavy atom. The second kappa shape index (κ2) is 5.02. The molecule has 4 nitrogen and oxygen atoms in total. The van der Waals surface area contributed by atoms with Gasteiger partial charge in [-0.15, -0.1) is 0 Å². The molecule has 2 rings (SSSR count). The van der Waals surface area contributed by atoms with Crippen molar-refractivity contribution in [3.8, 4) is 5.75 Å². The van der Waals surface area contributed by atoms with Crippen LogP contribution in [0, 0.1) is 0 Å². The first-order valence-corrected chi connectivity index (χ1v) is 6.05. The van der Waals surface area contributed by atoms with Crippen LogP contribution in [0.15, 0.2) is 18.5 Å². The van der Waals surface area contributed by atoms with Crippen molar-refractivity contribution in [1.82, 2.24) is 4.98 Å². The van der Waals surface area contributed by atoms with Crippen molar-refractivity contribution < 1.29 is 14.9 Å². The van der Waals surface area contributed by atoms with Crippen molar-refractivity contribution in [1.29, 1.82) is 0 Å². The lowest BCUT2D eigenvalue weighted by atomic mass is 9.79. The molecule has 17 heavy (non-hydrogen) atoms. The van der Waals surface area contributed by atoms with Crippen LogP contribution in [-0.2, 0) is 0 Å². The largest absolute Gasteiger partial charge is 0.495 e. The molecular weight excluding hydrogens is 218 g/mol. The standard InChI is InChI=1S/C13H19NO3/c1-17-11-7-10(8-14-9-11)12(15)13(16)5-3-2-4-6-13/h7-9,12,15-16H,2-6H2,1H3. The lowest BCUT2D eigenvalue weighted by molar-refractivity contribution is -0.0993. The minimum absolute atomic E-state index is 0.598. The van der Waals surface area contributed by atoms with Crippen LogP contribution in [-0.4, -0.2) is 27.9 Å². The maximum atomic E-state index is 10.4. The van der Waals surface area contributed by atoms with E-state index in [2.05, 4.69) is 4.98 Å². The van der Waals surface area contributed by atoms with Crippen LogP contribution in [0.1, 0.15) is 43.8 Å². The SMILES string of the molecule is COc1cncc(C(O)C2(O)CCCCC2)c1. The van der Waals surface area contributed by atoms with Gasteiger partial charge in [-0.2, -0.15) is 0 Å². The molecule has 1 aliphatic rings. The van der Waals surface area contributed by atoms with Crippen LogP contribution in [0.25, 0.3) is 0 Å². The molecule has 1 atom stereocenters. The second-order valence-corrected chi connectivity index (χ2v) is 4.72. The molecular formula is C13H19NO3. The summed E-state index contributed by atoms with van der Waals surface area (Å²) in [6, 6.07) is 1.73. The van der Waals surface area contributed by atoms with E-state index >= 15 is 0 Å². The summed E-state index contributed by atoms with van der Waals surface area (Å²) in [7, 11) is 1.56. The van der Waals surface area contributed by atoms with Gasteiger partial charge in [0.1, 0.15) is 11.9 Å². The molecule has 0 amide bonds. The normalized spacial score (nSPS) is 20.9. The zero-order valence-corrected chi connectivity index (χ0v) is 10.1. The van der Waals surface area contributed by atoms with Gasteiger partial charge in [0.05, 0.1) is 18.9 Å². The quantitative estimate of drug-likeness (QED) is 0.841. The lowest BCUT2D eigenvalue weighted by Gasteiger charge is -2.36. The third kappa shape index (κ3) is 2.58. The van der Waals surface area contributed by atoms with Gasteiger partial charge in [0.25, 0.3) is 0 Å². The predicted octanol–water partition coefficient (Wildman–Crippen LogP) is 1.82. The van der Waals surface area contributed by atoms with Gasteiger partial charge in [-0.05, 0) is 18.9 Å². The zero-order chi connectivity index (χ0) is 12.3. The molecule has 0 aromatic carbocycles. The molecule has 1 aromatic heterocycles. The van der Waals surface area contributed by atoms with Crippen molar-refractivity contribution in [2.75, 3.05) is 7.11 Å². The molecule has 0 spiro atoms. The molecule has 1 unspecified atom stereocenters. The van der Waals surface area contributed by atoms with E-state index in [1.807, 2.05) is 0 Å². The van der Waals surface area contributed by atoms with E-state index in [9.17, 15) is 10.2 Å². The highest BCUT2D eigenvalue weighted by Gasteiger charge is 2.37. The monoisotopic (exact) mass is 237 g/mol. The fraction of sp³-hybridized carbons (Fsp3) is 0.615. The Morgan fingerprint density at radius 1 is 1.29 bits per heavy atom. The predicted molar refractivity (Wildman–Crippen MR) is 63.8 cm³/mol. The second-order valence-electron chi connectivity index (χ2n) is 4.72. The summed E-state index contributed by atoms with van der Waals surface area (Å²) in [5, 5.41) is 20.7. The molecule has 4 heteroatoms. The van der Waals surface area contributed by atoms with E-state index in [1.165, 1.54) is 0 Å². The van der Waals surface area contributed by atoms with Gasteiger partial charge in [0.2, 0.25) is 0 Å². The lowest BCUT2D eigenvalue weighted by Crippen LogP contribution is -2.38. The van der Waals surface area contributed by atoms with Crippen molar-refractivity contribution in [2.45, 2.75) is 43.8 Å². The Kier molecular flexibility index (Phi) is 3.64. The first kappa shape index (κ1) is 12.3. The number of aliphatic hydroxyl groups excluding tert-OH is 1. The smallest absolute Gasteiger partial charge is 0.137 e. The maximum Gasteiger partial charge on any atom is 0.137 e. The molecule has 0 saturated heterocycles. The van der Waals surface area contributed by atoms with Crippen LogP contribution >= 0.6 is 0 Å². The van der Waals surface area contributed by atoms with E-state index < -0.39 is 11.7 Å². The van der Waals surface area contributed by atoms with Crippen LogP contribution in [0.2, 0.25) is 0 Å². The Balaban J connectivity index is 2.19. The minimum Gasteiger partial charge on any atom is -0.495 e. The highest BCUT2D eigenvalue weighted by atomic mass is 16.5. The number of hydrogen-bond donors (Lipinski definition) is 2. The van der Waals surface area contributed by atoms with Crippen molar-refractivity contribution >= 4 is 0 Å². The summed E-state index contributed by atoms with van der Waals surface area (Å²) in [6.45, 7) is 0. The van der Waals surface area contributed by atoms with Crippen molar-refractivity contribution in [2.24, 2.45) is 0 Å². The van der Waals surface area contributed by atoms with E-state index in [1.54, 1.807) is 25.6 Å². The molecule has 2 N–H and O–H groups in total. The number of aliphatic hydroxyl groups is 2. The van der Waals surface area contributed by atoms with Gasteiger partial charge < -0.3 is 14.9 Å². The molecule has 1 fully saturated rings. The summed E-state index contributed by atoms with van der Waals surface area (Å²) >= 11 is 0. The van der Waals surface area contributed by atoms with E-state index in [0.717, 1.165) is 19.3 Å². The first-order valence-electron chi connectivity index (χ1n) is 6.05. The molecule has 1 aliphatic carbocycles. The molecule has 0 radical (unpaired) electrons. The van der Waals surface area contributed by atoms with Crippen LogP contribution in [0.4, 0.5) is 0 Å². The van der Waals surface area contributed by atoms with E-state index in [0.29, 0.717) is 24.2 Å². The topological polar surface area (TPSA) is 62.6 Å². The average molecular weight is 237 g/mol. The number of methoxy groups -OCH3 is 1. The van der Waals surface area contributed by atoms with Crippen LogP contribution < -0.4 is 4.74 Å². The molecule has 94 valence electrons. The summed E-state index contributed by atoms with van der Waals surface area (Å²) in [4.78, 5) is 4.01. The van der Waals surface area contributed by atoms with Gasteiger partial charge >= 0.3 is 0 Å². The fourth-order valence-corrected chi connectivity index (χ4v) is 2.44. The van der Waals surface area contributed by atoms with Crippen LogP contribution in [0.5, 0.6) is 5.75 Å². The number of aromatic nitrogens is 1. The Bertz CT molecular complexity index is 375. The third-order valence-electron chi connectivity index (χ3n) is 3.51. The summed E-state index contributed by atoms with van der Waals surface area (Å²) < 4.78 is 5.07. The molecule has 1 aromatic rings. The third-order valence-corrected chi connectivity index (χ3v) is 3.51. The van der Waals surface area contributed by atoms with Gasteiger partial charge in [-0.25, -0.2) is 0 Å². The number of pyridine rings is 1. The van der Waals surface area contributed by atoms with Crippen molar-refractivity contribution in [3.05, 3.63) is 24.0 Å². The number of rotatable bonds is 3. The van der Waals surface area contributed by atoms with E-state index in [-0.39, 0.29) is 0 Å². The van der Waals surface area contributed by atoms with Gasteiger partial charge in [-0.3, -0.25) is 4.98 Å². The number of ether oxygens (including phenoxy) is 1. The summed E-state index contributed by atoms with van der Waals surface area (Å²) in [6.07, 6.45) is 6.63. The maximum absolute atomic E-state index is 10.4. The van der Waals surface area contributed by atoms with E-state index in [4.69, 9.17) is 4.74 Å². The molecule has 0 aliphatic heterocycles. The fourth-order valence-electron chi connectivity index (χ4n) is 2.44.